The molecule has 16 heavy (non-hydrogen) atoms. The number of nitriles is 1. The molecule has 0 amide bonds. The Labute approximate surface area is 91.1 Å². The van der Waals surface area contributed by atoms with E-state index >= 15 is 0 Å². The molecule has 0 aliphatic carbocycles. The summed E-state index contributed by atoms with van der Waals surface area (Å²) in [5.74, 6) is 0.359. The van der Waals surface area contributed by atoms with Crippen LogP contribution in [0.25, 0.3) is 11.3 Å². The van der Waals surface area contributed by atoms with E-state index in [1.54, 1.807) is 12.1 Å². The Morgan fingerprint density at radius 3 is 2.94 bits per heavy atom. The monoisotopic (exact) mass is 216 g/mol. The molecule has 0 atom stereocenters. The zero-order chi connectivity index (χ0) is 11.5. The van der Waals surface area contributed by atoms with E-state index in [0.29, 0.717) is 17.0 Å². The molecule has 1 heterocycles. The molecular weight excluding hydrogens is 208 g/mol. The fourth-order valence-electron chi connectivity index (χ4n) is 1.34. The standard InChI is InChI=1S/C10H8N4O2/c1-16-9-4-6(2-3-8(9)15)10-7(5-11)12-14-13-10/h2-4,15H,1H3,(H,12,13,14). The van der Waals surface area contributed by atoms with Crippen LogP contribution in [0, 0.1) is 11.3 Å². The second kappa shape index (κ2) is 3.90. The van der Waals surface area contributed by atoms with Gasteiger partial charge in [-0.05, 0) is 18.2 Å². The first-order valence-electron chi connectivity index (χ1n) is 4.44. The summed E-state index contributed by atoms with van der Waals surface area (Å²) in [7, 11) is 1.45. The number of methoxy groups -OCH3 is 1. The van der Waals surface area contributed by atoms with Crippen LogP contribution in [-0.2, 0) is 0 Å². The van der Waals surface area contributed by atoms with Gasteiger partial charge in [0.25, 0.3) is 0 Å². The van der Waals surface area contributed by atoms with Crippen LogP contribution in [0.3, 0.4) is 0 Å². The molecule has 0 radical (unpaired) electrons. The van der Waals surface area contributed by atoms with Crippen LogP contribution in [0.15, 0.2) is 18.2 Å². The summed E-state index contributed by atoms with van der Waals surface area (Å²) in [6.45, 7) is 0. The molecule has 0 aliphatic rings. The molecule has 6 heteroatoms. The van der Waals surface area contributed by atoms with Gasteiger partial charge in [-0.15, -0.1) is 5.10 Å². The third-order valence-corrected chi connectivity index (χ3v) is 2.11. The number of phenolic OH excluding ortho intramolecular Hbond substituents is 1. The van der Waals surface area contributed by atoms with E-state index < -0.39 is 0 Å². The Balaban J connectivity index is 2.53. The van der Waals surface area contributed by atoms with Crippen molar-refractivity contribution < 1.29 is 9.84 Å². The van der Waals surface area contributed by atoms with Crippen molar-refractivity contribution in [1.82, 2.24) is 15.4 Å². The number of rotatable bonds is 2. The van der Waals surface area contributed by atoms with Crippen molar-refractivity contribution in [3.63, 3.8) is 0 Å². The van der Waals surface area contributed by atoms with Crippen LogP contribution in [-0.4, -0.2) is 27.6 Å². The maximum absolute atomic E-state index is 9.43. The van der Waals surface area contributed by atoms with E-state index in [1.807, 2.05) is 6.07 Å². The molecule has 2 N–H and O–H groups in total. The lowest BCUT2D eigenvalue weighted by Gasteiger charge is -2.04. The third kappa shape index (κ3) is 1.54. The van der Waals surface area contributed by atoms with Crippen LogP contribution >= 0.6 is 0 Å². The van der Waals surface area contributed by atoms with Crippen molar-refractivity contribution in [1.29, 1.82) is 5.26 Å². The summed E-state index contributed by atoms with van der Waals surface area (Å²) in [6.07, 6.45) is 0. The molecule has 0 unspecified atom stereocenters. The number of hydrogen-bond donors (Lipinski definition) is 2. The first-order valence-corrected chi connectivity index (χ1v) is 4.44. The number of aromatic nitrogens is 3. The number of aromatic hydroxyl groups is 1. The first kappa shape index (κ1) is 9.98. The molecular formula is C10H8N4O2. The highest BCUT2D eigenvalue weighted by molar-refractivity contribution is 5.67. The number of aromatic amines is 1. The normalized spacial score (nSPS) is 9.75. The van der Waals surface area contributed by atoms with E-state index in [1.165, 1.54) is 13.2 Å². The van der Waals surface area contributed by atoms with Crippen molar-refractivity contribution in [2.24, 2.45) is 0 Å². The largest absolute Gasteiger partial charge is 0.504 e. The Kier molecular flexibility index (Phi) is 2.44. The number of H-pyrrole nitrogens is 1. The van der Waals surface area contributed by atoms with E-state index in [4.69, 9.17) is 10.00 Å². The lowest BCUT2D eigenvalue weighted by Crippen LogP contribution is -1.87. The smallest absolute Gasteiger partial charge is 0.190 e. The second-order valence-electron chi connectivity index (χ2n) is 3.02. The average molecular weight is 216 g/mol. The Hall–Kier alpha value is -2.55. The minimum absolute atomic E-state index is 0.0354. The number of nitrogens with one attached hydrogen (secondary N) is 1. The highest BCUT2D eigenvalue weighted by atomic mass is 16.5. The summed E-state index contributed by atoms with van der Waals surface area (Å²) >= 11 is 0. The maximum atomic E-state index is 9.43. The zero-order valence-electron chi connectivity index (χ0n) is 8.43. The summed E-state index contributed by atoms with van der Waals surface area (Å²) in [5, 5.41) is 28.2. The van der Waals surface area contributed by atoms with Crippen molar-refractivity contribution in [2.75, 3.05) is 7.11 Å². The lowest BCUT2D eigenvalue weighted by atomic mass is 10.1. The number of phenols is 1. The van der Waals surface area contributed by atoms with Gasteiger partial charge in [0.15, 0.2) is 17.2 Å². The van der Waals surface area contributed by atoms with Gasteiger partial charge in [0.2, 0.25) is 0 Å². The molecule has 80 valence electrons. The molecule has 0 spiro atoms. The molecule has 0 fully saturated rings. The molecule has 1 aromatic heterocycles. The van der Waals surface area contributed by atoms with E-state index in [-0.39, 0.29) is 11.4 Å². The van der Waals surface area contributed by atoms with Crippen molar-refractivity contribution in [2.45, 2.75) is 0 Å². The Morgan fingerprint density at radius 1 is 1.44 bits per heavy atom. The topological polar surface area (TPSA) is 94.8 Å². The Morgan fingerprint density at radius 2 is 2.25 bits per heavy atom. The van der Waals surface area contributed by atoms with Gasteiger partial charge < -0.3 is 9.84 Å². The molecule has 0 saturated heterocycles. The van der Waals surface area contributed by atoms with Gasteiger partial charge in [-0.3, -0.25) is 0 Å². The number of nitrogens with zero attached hydrogens (tertiary/aromatic N) is 3. The van der Waals surface area contributed by atoms with Gasteiger partial charge in [0.05, 0.1) is 7.11 Å². The summed E-state index contributed by atoms with van der Waals surface area (Å²) in [5.41, 5.74) is 1.29. The van der Waals surface area contributed by atoms with Crippen molar-refractivity contribution in [3.8, 4) is 28.8 Å². The van der Waals surface area contributed by atoms with Crippen LogP contribution in [0.1, 0.15) is 5.69 Å². The quantitative estimate of drug-likeness (QED) is 0.782. The Bertz CT molecular complexity index is 556. The average Bonchev–Trinajstić information content (AvgIpc) is 2.78. The molecule has 2 aromatic rings. The second-order valence-corrected chi connectivity index (χ2v) is 3.02. The number of hydrogen-bond acceptors (Lipinski definition) is 5. The summed E-state index contributed by atoms with van der Waals surface area (Å²) in [4.78, 5) is 0. The van der Waals surface area contributed by atoms with Gasteiger partial charge >= 0.3 is 0 Å². The van der Waals surface area contributed by atoms with Crippen molar-refractivity contribution in [3.05, 3.63) is 23.9 Å². The molecule has 0 saturated carbocycles. The van der Waals surface area contributed by atoms with Gasteiger partial charge in [-0.1, -0.05) is 0 Å². The van der Waals surface area contributed by atoms with Crippen LogP contribution in [0.2, 0.25) is 0 Å². The van der Waals surface area contributed by atoms with Crippen molar-refractivity contribution >= 4 is 0 Å². The molecule has 1 aromatic carbocycles. The predicted octanol–water partition coefficient (Wildman–Crippen LogP) is 1.06. The molecule has 2 rings (SSSR count). The number of ether oxygens (including phenoxy) is 1. The van der Waals surface area contributed by atoms with Crippen LogP contribution < -0.4 is 4.74 Å². The number of benzene rings is 1. The SMILES string of the molecule is COc1cc(-c2n[nH]nc2C#N)ccc1O. The van der Waals surface area contributed by atoms with Crippen LogP contribution in [0.4, 0.5) is 0 Å². The third-order valence-electron chi connectivity index (χ3n) is 2.11. The minimum Gasteiger partial charge on any atom is -0.504 e. The fourth-order valence-corrected chi connectivity index (χ4v) is 1.34. The van der Waals surface area contributed by atoms with Gasteiger partial charge in [-0.25, -0.2) is 0 Å². The fraction of sp³-hybridized carbons (Fsp3) is 0.100. The molecule has 0 aliphatic heterocycles. The summed E-state index contributed by atoms with van der Waals surface area (Å²) < 4.78 is 4.97. The van der Waals surface area contributed by atoms with E-state index in [2.05, 4.69) is 15.4 Å². The maximum Gasteiger partial charge on any atom is 0.190 e. The van der Waals surface area contributed by atoms with Gasteiger partial charge in [0, 0.05) is 5.56 Å². The highest BCUT2D eigenvalue weighted by Gasteiger charge is 2.11. The van der Waals surface area contributed by atoms with E-state index in [9.17, 15) is 5.11 Å². The van der Waals surface area contributed by atoms with Crippen LogP contribution in [0.5, 0.6) is 11.5 Å². The summed E-state index contributed by atoms with van der Waals surface area (Å²) in [6, 6.07) is 6.62. The van der Waals surface area contributed by atoms with E-state index in [0.717, 1.165) is 0 Å². The first-order chi connectivity index (χ1) is 7.76. The van der Waals surface area contributed by atoms with Gasteiger partial charge in [-0.2, -0.15) is 15.6 Å². The van der Waals surface area contributed by atoms with Gasteiger partial charge in [0.1, 0.15) is 11.8 Å². The molecule has 0 bridgehead atoms. The predicted molar refractivity (Wildman–Crippen MR) is 54.8 cm³/mol. The molecule has 6 nitrogen and oxygen atoms in total. The minimum atomic E-state index is 0.0354. The lowest BCUT2D eigenvalue weighted by molar-refractivity contribution is 0.373. The zero-order valence-corrected chi connectivity index (χ0v) is 8.43. The highest BCUT2D eigenvalue weighted by Crippen LogP contribution is 2.31.